The number of unbranched alkanes of at least 4 members (excludes halogenated alkanes) is 1. The molecule has 0 heterocycles. The highest BCUT2D eigenvalue weighted by atomic mass is 14.3. The molecule has 0 amide bonds. The number of benzene rings is 1. The summed E-state index contributed by atoms with van der Waals surface area (Å²) in [6.07, 6.45) is 24.5. The highest BCUT2D eigenvalue weighted by Crippen LogP contribution is 2.38. The molecule has 1 heteroatoms. The molecule has 2 saturated carbocycles. The van der Waals surface area contributed by atoms with Gasteiger partial charge < -0.3 is 0 Å². The van der Waals surface area contributed by atoms with E-state index in [1.165, 1.54) is 89.0 Å². The Kier molecular flexibility index (Phi) is 10.0. The van der Waals surface area contributed by atoms with Crippen molar-refractivity contribution in [3.63, 3.8) is 0 Å². The average Bonchev–Trinajstić information content (AvgIpc) is 2.81. The summed E-state index contributed by atoms with van der Waals surface area (Å²) >= 11 is 0. The summed E-state index contributed by atoms with van der Waals surface area (Å²) in [5.74, 6) is 3.72. The zero-order valence-corrected chi connectivity index (χ0v) is 19.3. The van der Waals surface area contributed by atoms with Gasteiger partial charge in [0, 0.05) is 6.08 Å². The van der Waals surface area contributed by atoms with Crippen LogP contribution in [0.3, 0.4) is 0 Å². The molecule has 0 aromatic heterocycles. The Morgan fingerprint density at radius 2 is 1.33 bits per heavy atom. The fraction of sp³-hybridized carbons (Fsp3) is 0.690. The van der Waals surface area contributed by atoms with E-state index in [0.717, 1.165) is 36.5 Å². The first-order valence-electron chi connectivity index (χ1n) is 12.9. The predicted octanol–water partition coefficient (Wildman–Crippen LogP) is 8.75. The van der Waals surface area contributed by atoms with E-state index < -0.39 is 0 Å². The van der Waals surface area contributed by atoms with Crippen molar-refractivity contribution in [2.24, 2.45) is 17.8 Å². The van der Waals surface area contributed by atoms with Crippen LogP contribution in [0.2, 0.25) is 0 Å². The second kappa shape index (κ2) is 13.0. The lowest BCUT2D eigenvalue weighted by Crippen LogP contribution is -2.15. The number of nitrogens with zero attached hydrogens (tertiary/aromatic N) is 1. The van der Waals surface area contributed by atoms with Gasteiger partial charge in [0.15, 0.2) is 0 Å². The average molecular weight is 406 g/mol. The Balaban J connectivity index is 1.23. The molecule has 3 rings (SSSR count). The summed E-state index contributed by atoms with van der Waals surface area (Å²) in [7, 11) is 0. The van der Waals surface area contributed by atoms with Gasteiger partial charge in [-0.05, 0) is 79.7 Å². The van der Waals surface area contributed by atoms with E-state index in [-0.39, 0.29) is 0 Å². The standard InChI is InChI=1S/C29H43N/c1-2-24-15-19-28(20-16-24)29-21-17-27(18-22-29)10-6-5-9-26-13-11-25(12-14-26)8-4-3-7-23-30/h3,7,15-16,19-20,25-27,29H,2,4-6,8-14,17-18,21-22H2,1H3. The highest BCUT2D eigenvalue weighted by Gasteiger charge is 2.23. The van der Waals surface area contributed by atoms with Gasteiger partial charge in [-0.1, -0.05) is 88.6 Å². The Morgan fingerprint density at radius 3 is 1.87 bits per heavy atom. The molecule has 2 fully saturated rings. The summed E-state index contributed by atoms with van der Waals surface area (Å²) in [6.45, 7) is 2.24. The molecule has 0 bridgehead atoms. The van der Waals surface area contributed by atoms with Gasteiger partial charge in [-0.25, -0.2) is 0 Å². The van der Waals surface area contributed by atoms with E-state index >= 15 is 0 Å². The van der Waals surface area contributed by atoms with E-state index in [2.05, 4.69) is 37.3 Å². The van der Waals surface area contributed by atoms with E-state index in [9.17, 15) is 0 Å². The minimum Gasteiger partial charge on any atom is -0.193 e. The lowest BCUT2D eigenvalue weighted by molar-refractivity contribution is 0.244. The van der Waals surface area contributed by atoms with Gasteiger partial charge in [-0.15, -0.1) is 0 Å². The minimum atomic E-state index is 0.817. The second-order valence-electron chi connectivity index (χ2n) is 10.1. The summed E-state index contributed by atoms with van der Waals surface area (Å²) in [5.41, 5.74) is 3.05. The molecule has 1 aromatic rings. The lowest BCUT2D eigenvalue weighted by Gasteiger charge is -2.30. The van der Waals surface area contributed by atoms with Crippen LogP contribution < -0.4 is 0 Å². The van der Waals surface area contributed by atoms with Crippen LogP contribution in [-0.2, 0) is 6.42 Å². The molecule has 0 radical (unpaired) electrons. The number of nitriles is 1. The Morgan fingerprint density at radius 1 is 0.800 bits per heavy atom. The van der Waals surface area contributed by atoms with Crippen LogP contribution in [0.15, 0.2) is 36.4 Å². The van der Waals surface area contributed by atoms with Crippen molar-refractivity contribution in [3.8, 4) is 6.07 Å². The normalized spacial score (nSPS) is 27.2. The molecule has 0 unspecified atom stereocenters. The number of rotatable bonds is 10. The fourth-order valence-corrected chi connectivity index (χ4v) is 5.95. The number of aryl methyl sites for hydroxylation is 1. The molecule has 1 nitrogen and oxygen atoms in total. The summed E-state index contributed by atoms with van der Waals surface area (Å²) in [4.78, 5) is 0. The predicted molar refractivity (Wildman–Crippen MR) is 128 cm³/mol. The quantitative estimate of drug-likeness (QED) is 0.282. The topological polar surface area (TPSA) is 23.8 Å². The van der Waals surface area contributed by atoms with E-state index in [0.29, 0.717) is 0 Å². The second-order valence-corrected chi connectivity index (χ2v) is 10.1. The Hall–Kier alpha value is -1.55. The molecular formula is C29H43N. The van der Waals surface area contributed by atoms with Crippen LogP contribution in [0.5, 0.6) is 0 Å². The first-order chi connectivity index (χ1) is 14.8. The molecule has 164 valence electrons. The summed E-state index contributed by atoms with van der Waals surface area (Å²) in [5, 5.41) is 8.56. The van der Waals surface area contributed by atoms with Crippen LogP contribution in [0.1, 0.15) is 114 Å². The van der Waals surface area contributed by atoms with Crippen molar-refractivity contribution in [2.45, 2.75) is 109 Å². The molecule has 0 aliphatic heterocycles. The van der Waals surface area contributed by atoms with E-state index in [4.69, 9.17) is 5.26 Å². The maximum absolute atomic E-state index is 8.56. The number of hydrogen-bond donors (Lipinski definition) is 0. The first kappa shape index (κ1) is 23.1. The van der Waals surface area contributed by atoms with Crippen LogP contribution in [0.4, 0.5) is 0 Å². The van der Waals surface area contributed by atoms with Gasteiger partial charge in [-0.2, -0.15) is 5.26 Å². The molecule has 30 heavy (non-hydrogen) atoms. The lowest BCUT2D eigenvalue weighted by atomic mass is 9.76. The Labute approximate surface area is 186 Å². The van der Waals surface area contributed by atoms with Crippen LogP contribution in [-0.4, -0.2) is 0 Å². The summed E-state index contributed by atoms with van der Waals surface area (Å²) < 4.78 is 0. The van der Waals surface area contributed by atoms with E-state index in [1.54, 1.807) is 11.6 Å². The van der Waals surface area contributed by atoms with E-state index in [1.807, 2.05) is 6.08 Å². The van der Waals surface area contributed by atoms with Crippen molar-refractivity contribution in [2.75, 3.05) is 0 Å². The molecule has 0 saturated heterocycles. The molecule has 2 aliphatic carbocycles. The van der Waals surface area contributed by atoms with Crippen molar-refractivity contribution in [1.29, 1.82) is 5.26 Å². The molecule has 0 spiro atoms. The smallest absolute Gasteiger partial charge is 0.0908 e. The summed E-state index contributed by atoms with van der Waals surface area (Å²) in [6, 6.07) is 11.5. The highest BCUT2D eigenvalue weighted by molar-refractivity contribution is 5.25. The zero-order valence-electron chi connectivity index (χ0n) is 19.3. The zero-order chi connectivity index (χ0) is 21.0. The van der Waals surface area contributed by atoms with Gasteiger partial charge in [0.1, 0.15) is 0 Å². The van der Waals surface area contributed by atoms with Gasteiger partial charge in [0.25, 0.3) is 0 Å². The molecule has 2 aliphatic rings. The van der Waals surface area contributed by atoms with Crippen LogP contribution >= 0.6 is 0 Å². The fourth-order valence-electron chi connectivity index (χ4n) is 5.95. The van der Waals surface area contributed by atoms with Crippen LogP contribution in [0.25, 0.3) is 0 Å². The first-order valence-corrected chi connectivity index (χ1v) is 12.9. The third kappa shape index (κ3) is 7.61. The van der Waals surface area contributed by atoms with Crippen molar-refractivity contribution in [1.82, 2.24) is 0 Å². The van der Waals surface area contributed by atoms with Crippen molar-refractivity contribution >= 4 is 0 Å². The van der Waals surface area contributed by atoms with Crippen molar-refractivity contribution in [3.05, 3.63) is 47.5 Å². The van der Waals surface area contributed by atoms with Gasteiger partial charge >= 0.3 is 0 Å². The SMILES string of the molecule is CCc1ccc(C2CCC(CCCCC3CCC(CCC=CC#N)CC3)CC2)cc1. The Bertz CT molecular complexity index is 649. The monoisotopic (exact) mass is 405 g/mol. The number of allylic oxidation sites excluding steroid dienone is 2. The van der Waals surface area contributed by atoms with Gasteiger partial charge in [0.2, 0.25) is 0 Å². The maximum atomic E-state index is 8.56. The van der Waals surface area contributed by atoms with Crippen molar-refractivity contribution < 1.29 is 0 Å². The molecular weight excluding hydrogens is 362 g/mol. The largest absolute Gasteiger partial charge is 0.193 e. The third-order valence-corrected chi connectivity index (χ3v) is 8.08. The maximum Gasteiger partial charge on any atom is 0.0908 e. The third-order valence-electron chi connectivity index (χ3n) is 8.08. The number of hydrogen-bond acceptors (Lipinski definition) is 1. The van der Waals surface area contributed by atoms with Gasteiger partial charge in [0.05, 0.1) is 6.07 Å². The van der Waals surface area contributed by atoms with Gasteiger partial charge in [-0.3, -0.25) is 0 Å². The minimum absolute atomic E-state index is 0.817. The molecule has 0 atom stereocenters. The van der Waals surface area contributed by atoms with Crippen LogP contribution in [0, 0.1) is 29.1 Å². The molecule has 0 N–H and O–H groups in total. The molecule has 1 aromatic carbocycles.